The van der Waals surface area contributed by atoms with E-state index in [0.29, 0.717) is 4.88 Å². The molecule has 4 nitrogen and oxygen atoms in total. The van der Waals surface area contributed by atoms with Gasteiger partial charge in [0, 0.05) is 0 Å². The second kappa shape index (κ2) is 6.62. The van der Waals surface area contributed by atoms with E-state index in [2.05, 4.69) is 5.48 Å². The molecular formula is C18H15NO3S. The van der Waals surface area contributed by atoms with Crippen molar-refractivity contribution in [1.29, 1.82) is 0 Å². The lowest BCUT2D eigenvalue weighted by Gasteiger charge is -2.12. The number of benzene rings is 2. The summed E-state index contributed by atoms with van der Waals surface area (Å²) in [5.74, 6) is -1.33. The molecule has 1 unspecified atom stereocenters. The molecule has 3 rings (SSSR count). The molecule has 1 aromatic heterocycles. The first kappa shape index (κ1) is 15.2. The predicted octanol–water partition coefficient (Wildman–Crippen LogP) is 3.89. The highest BCUT2D eigenvalue weighted by Crippen LogP contribution is 2.22. The number of fused-ring (bicyclic) bond motifs is 1. The van der Waals surface area contributed by atoms with Gasteiger partial charge in [0.05, 0.1) is 5.92 Å². The standard InChI is InChI=1S/C18H15NO3S/c1-12(14-9-8-13-5-2-3-6-15(13)11-14)17(20)19-22-18(21)16-7-4-10-23-16/h2-12H,1H3,(H,19,20). The fourth-order valence-electron chi connectivity index (χ4n) is 2.26. The summed E-state index contributed by atoms with van der Waals surface area (Å²) < 4.78 is 0. The van der Waals surface area contributed by atoms with Crippen LogP contribution in [0.4, 0.5) is 0 Å². The molecule has 0 aliphatic rings. The van der Waals surface area contributed by atoms with E-state index in [1.54, 1.807) is 24.4 Å². The number of rotatable bonds is 3. The molecule has 0 saturated carbocycles. The van der Waals surface area contributed by atoms with E-state index in [9.17, 15) is 9.59 Å². The predicted molar refractivity (Wildman–Crippen MR) is 90.2 cm³/mol. The molecule has 1 amide bonds. The van der Waals surface area contributed by atoms with Gasteiger partial charge in [0.25, 0.3) is 5.91 Å². The summed E-state index contributed by atoms with van der Waals surface area (Å²) in [7, 11) is 0. The van der Waals surface area contributed by atoms with Crippen molar-refractivity contribution in [3.8, 4) is 0 Å². The molecule has 1 atom stereocenters. The van der Waals surface area contributed by atoms with Crippen LogP contribution in [-0.4, -0.2) is 11.9 Å². The molecule has 0 aliphatic carbocycles. The van der Waals surface area contributed by atoms with Crippen LogP contribution >= 0.6 is 11.3 Å². The Balaban J connectivity index is 1.67. The van der Waals surface area contributed by atoms with Crippen LogP contribution in [0.25, 0.3) is 10.8 Å². The molecule has 0 fully saturated rings. The van der Waals surface area contributed by atoms with Gasteiger partial charge in [0.1, 0.15) is 4.88 Å². The largest absolute Gasteiger partial charge is 0.372 e. The van der Waals surface area contributed by atoms with E-state index < -0.39 is 11.9 Å². The van der Waals surface area contributed by atoms with Gasteiger partial charge < -0.3 is 4.84 Å². The first-order chi connectivity index (χ1) is 11.1. The number of nitrogens with one attached hydrogen (secondary N) is 1. The van der Waals surface area contributed by atoms with Crippen LogP contribution in [0.15, 0.2) is 60.0 Å². The molecule has 23 heavy (non-hydrogen) atoms. The van der Waals surface area contributed by atoms with Crippen LogP contribution in [0.2, 0.25) is 0 Å². The molecule has 5 heteroatoms. The van der Waals surface area contributed by atoms with Gasteiger partial charge in [0.2, 0.25) is 0 Å². The summed E-state index contributed by atoms with van der Waals surface area (Å²) in [4.78, 5) is 29.2. The molecule has 0 saturated heterocycles. The Morgan fingerprint density at radius 2 is 1.83 bits per heavy atom. The quantitative estimate of drug-likeness (QED) is 0.743. The SMILES string of the molecule is CC(C(=O)NOC(=O)c1cccs1)c1ccc2ccccc2c1. The zero-order valence-electron chi connectivity index (χ0n) is 12.5. The van der Waals surface area contributed by atoms with Gasteiger partial charge in [0.15, 0.2) is 0 Å². The summed E-state index contributed by atoms with van der Waals surface area (Å²) >= 11 is 1.26. The van der Waals surface area contributed by atoms with E-state index in [-0.39, 0.29) is 5.91 Å². The van der Waals surface area contributed by atoms with Gasteiger partial charge >= 0.3 is 5.97 Å². The summed E-state index contributed by atoms with van der Waals surface area (Å²) in [6.45, 7) is 1.78. The summed E-state index contributed by atoms with van der Waals surface area (Å²) in [6, 6.07) is 17.2. The van der Waals surface area contributed by atoms with Crippen molar-refractivity contribution in [2.45, 2.75) is 12.8 Å². The van der Waals surface area contributed by atoms with Gasteiger partial charge in [-0.3, -0.25) is 4.79 Å². The molecule has 1 N–H and O–H groups in total. The minimum Gasteiger partial charge on any atom is -0.334 e. The topological polar surface area (TPSA) is 55.4 Å². The molecule has 1 heterocycles. The zero-order chi connectivity index (χ0) is 16.2. The molecule has 2 aromatic carbocycles. The Bertz CT molecular complexity index is 842. The Morgan fingerprint density at radius 1 is 1.04 bits per heavy atom. The number of hydrogen-bond acceptors (Lipinski definition) is 4. The van der Waals surface area contributed by atoms with Gasteiger partial charge in [-0.25, -0.2) is 4.79 Å². The fraction of sp³-hybridized carbons (Fsp3) is 0.111. The summed E-state index contributed by atoms with van der Waals surface area (Å²) in [6.07, 6.45) is 0. The summed E-state index contributed by atoms with van der Waals surface area (Å²) in [5.41, 5.74) is 3.10. The minimum atomic E-state index is -0.556. The van der Waals surface area contributed by atoms with Crippen molar-refractivity contribution in [3.05, 3.63) is 70.4 Å². The van der Waals surface area contributed by atoms with Gasteiger partial charge in [-0.2, -0.15) is 5.48 Å². The highest BCUT2D eigenvalue weighted by molar-refractivity contribution is 7.11. The maximum atomic E-state index is 12.2. The summed E-state index contributed by atoms with van der Waals surface area (Å²) in [5, 5.41) is 3.96. The second-order valence-electron chi connectivity index (χ2n) is 5.16. The van der Waals surface area contributed by atoms with Crippen molar-refractivity contribution in [3.63, 3.8) is 0 Å². The lowest BCUT2D eigenvalue weighted by atomic mass is 9.97. The Kier molecular flexibility index (Phi) is 4.39. The fourth-order valence-corrected chi connectivity index (χ4v) is 2.86. The van der Waals surface area contributed by atoms with Crippen molar-refractivity contribution in [2.24, 2.45) is 0 Å². The number of amides is 1. The van der Waals surface area contributed by atoms with Crippen LogP contribution in [0, 0.1) is 0 Å². The molecule has 116 valence electrons. The van der Waals surface area contributed by atoms with E-state index in [1.165, 1.54) is 11.3 Å². The second-order valence-corrected chi connectivity index (χ2v) is 6.11. The Hall–Kier alpha value is -2.66. The smallest absolute Gasteiger partial charge is 0.334 e. The number of hydroxylamine groups is 1. The number of hydrogen-bond donors (Lipinski definition) is 1. The Labute approximate surface area is 137 Å². The first-order valence-electron chi connectivity index (χ1n) is 7.18. The zero-order valence-corrected chi connectivity index (χ0v) is 13.3. The molecule has 0 aliphatic heterocycles. The molecular weight excluding hydrogens is 310 g/mol. The van der Waals surface area contributed by atoms with Crippen molar-refractivity contribution >= 4 is 34.0 Å². The molecule has 0 bridgehead atoms. The van der Waals surface area contributed by atoms with Crippen molar-refractivity contribution in [1.82, 2.24) is 5.48 Å². The van der Waals surface area contributed by atoms with E-state index in [0.717, 1.165) is 16.3 Å². The van der Waals surface area contributed by atoms with Gasteiger partial charge in [-0.15, -0.1) is 11.3 Å². The van der Waals surface area contributed by atoms with E-state index in [1.807, 2.05) is 42.5 Å². The molecule has 0 radical (unpaired) electrons. The number of carbonyl (C=O) groups is 2. The van der Waals surface area contributed by atoms with Crippen molar-refractivity contribution < 1.29 is 14.4 Å². The number of carbonyl (C=O) groups excluding carboxylic acids is 2. The van der Waals surface area contributed by atoms with Crippen LogP contribution in [0.5, 0.6) is 0 Å². The van der Waals surface area contributed by atoms with Crippen LogP contribution in [0.3, 0.4) is 0 Å². The normalized spacial score (nSPS) is 11.9. The van der Waals surface area contributed by atoms with Gasteiger partial charge in [-0.1, -0.05) is 48.5 Å². The first-order valence-corrected chi connectivity index (χ1v) is 8.06. The molecule has 0 spiro atoms. The lowest BCUT2D eigenvalue weighted by Crippen LogP contribution is -2.30. The highest BCUT2D eigenvalue weighted by atomic mass is 32.1. The monoisotopic (exact) mass is 325 g/mol. The third kappa shape index (κ3) is 3.40. The lowest BCUT2D eigenvalue weighted by molar-refractivity contribution is -0.131. The van der Waals surface area contributed by atoms with Crippen molar-refractivity contribution in [2.75, 3.05) is 0 Å². The third-order valence-electron chi connectivity index (χ3n) is 3.63. The van der Waals surface area contributed by atoms with Crippen LogP contribution < -0.4 is 5.48 Å². The van der Waals surface area contributed by atoms with Crippen LogP contribution in [0.1, 0.15) is 28.1 Å². The maximum absolute atomic E-state index is 12.2. The van der Waals surface area contributed by atoms with E-state index in [4.69, 9.17) is 4.84 Å². The average molecular weight is 325 g/mol. The minimum absolute atomic E-state index is 0.356. The maximum Gasteiger partial charge on any atom is 0.372 e. The average Bonchev–Trinajstić information content (AvgIpc) is 3.13. The highest BCUT2D eigenvalue weighted by Gasteiger charge is 2.18. The number of thiophene rings is 1. The Morgan fingerprint density at radius 3 is 2.57 bits per heavy atom. The van der Waals surface area contributed by atoms with E-state index >= 15 is 0 Å². The van der Waals surface area contributed by atoms with Gasteiger partial charge in [-0.05, 0) is 34.7 Å². The third-order valence-corrected chi connectivity index (χ3v) is 4.48. The molecule has 3 aromatic rings. The van der Waals surface area contributed by atoms with Crippen LogP contribution in [-0.2, 0) is 9.63 Å².